The summed E-state index contributed by atoms with van der Waals surface area (Å²) in [5.74, 6) is -1.97. The van der Waals surface area contributed by atoms with Crippen LogP contribution in [0.15, 0.2) is 72.8 Å². The van der Waals surface area contributed by atoms with E-state index in [0.717, 1.165) is 10.8 Å². The van der Waals surface area contributed by atoms with Crippen molar-refractivity contribution >= 4 is 33.5 Å². The largest absolute Gasteiger partial charge is 1.00 e. The first-order chi connectivity index (χ1) is 14.6. The van der Waals surface area contributed by atoms with Crippen LogP contribution >= 0.6 is 0 Å². The predicted molar refractivity (Wildman–Crippen MR) is 110 cm³/mol. The van der Waals surface area contributed by atoms with Crippen molar-refractivity contribution in [2.45, 2.75) is 0 Å². The Hall–Kier alpha value is -2.42. The van der Waals surface area contributed by atoms with Crippen molar-refractivity contribution in [2.75, 3.05) is 13.2 Å². The SMILES string of the molecule is O=C([O-])c1ccc2ccccc2c1OCCOc1c(C(=O)O)ccc2ccccc12.[K+]. The Labute approximate surface area is 220 Å². The van der Waals surface area contributed by atoms with E-state index in [2.05, 4.69) is 0 Å². The molecule has 7 heteroatoms. The zero-order chi connectivity index (χ0) is 21.1. The molecule has 1 N–H and O–H groups in total. The summed E-state index contributed by atoms with van der Waals surface area (Å²) in [5, 5.41) is 24.0. The van der Waals surface area contributed by atoms with E-state index < -0.39 is 11.9 Å². The number of fused-ring (bicyclic) bond motifs is 2. The first kappa shape index (κ1) is 23.2. The average Bonchev–Trinajstić information content (AvgIpc) is 2.76. The molecule has 150 valence electrons. The maximum atomic E-state index is 11.6. The number of aromatic carboxylic acids is 2. The minimum Gasteiger partial charge on any atom is -0.545 e. The van der Waals surface area contributed by atoms with Crippen LogP contribution in [-0.4, -0.2) is 30.3 Å². The van der Waals surface area contributed by atoms with Crippen LogP contribution < -0.4 is 66.0 Å². The van der Waals surface area contributed by atoms with Crippen molar-refractivity contribution in [1.29, 1.82) is 0 Å². The third-order valence-electron chi connectivity index (χ3n) is 4.79. The van der Waals surface area contributed by atoms with Gasteiger partial charge in [0.05, 0.1) is 5.97 Å². The van der Waals surface area contributed by atoms with Gasteiger partial charge in [0.15, 0.2) is 0 Å². The quantitative estimate of drug-likeness (QED) is 0.333. The summed E-state index contributed by atoms with van der Waals surface area (Å²) in [4.78, 5) is 23.1. The Balaban J connectivity index is 0.00000272. The molecular formula is C24H17KO6. The van der Waals surface area contributed by atoms with Gasteiger partial charge in [-0.05, 0) is 22.9 Å². The Morgan fingerprint density at radius 2 is 1.16 bits per heavy atom. The molecule has 0 fully saturated rings. The van der Waals surface area contributed by atoms with Gasteiger partial charge < -0.3 is 24.5 Å². The second kappa shape index (κ2) is 10.3. The third-order valence-corrected chi connectivity index (χ3v) is 4.79. The molecule has 0 aromatic heterocycles. The summed E-state index contributed by atoms with van der Waals surface area (Å²) >= 11 is 0. The van der Waals surface area contributed by atoms with Crippen LogP contribution in [0.4, 0.5) is 0 Å². The Morgan fingerprint density at radius 3 is 1.65 bits per heavy atom. The summed E-state index contributed by atoms with van der Waals surface area (Å²) in [5.41, 5.74) is -0.000582. The molecule has 4 aromatic rings. The van der Waals surface area contributed by atoms with Crippen molar-refractivity contribution in [3.05, 3.63) is 83.9 Å². The van der Waals surface area contributed by atoms with Crippen molar-refractivity contribution < 1.29 is 80.7 Å². The van der Waals surface area contributed by atoms with Crippen LogP contribution in [0.1, 0.15) is 20.7 Å². The zero-order valence-corrected chi connectivity index (χ0v) is 20.0. The molecule has 0 bridgehead atoms. The fourth-order valence-corrected chi connectivity index (χ4v) is 3.41. The third kappa shape index (κ3) is 4.92. The first-order valence-corrected chi connectivity index (χ1v) is 9.30. The second-order valence-corrected chi connectivity index (χ2v) is 6.62. The molecule has 4 aromatic carbocycles. The van der Waals surface area contributed by atoms with E-state index in [-0.39, 0.29) is 87.2 Å². The van der Waals surface area contributed by atoms with Crippen LogP contribution in [0.25, 0.3) is 21.5 Å². The maximum absolute atomic E-state index is 11.6. The number of hydrogen-bond donors (Lipinski definition) is 1. The van der Waals surface area contributed by atoms with Gasteiger partial charge in [0.25, 0.3) is 0 Å². The molecular weight excluding hydrogens is 423 g/mol. The van der Waals surface area contributed by atoms with Gasteiger partial charge in [0, 0.05) is 16.3 Å². The number of carboxylic acids is 2. The van der Waals surface area contributed by atoms with Gasteiger partial charge in [-0.15, -0.1) is 0 Å². The number of carboxylic acid groups (broad SMARTS) is 2. The number of carbonyl (C=O) groups is 2. The number of ether oxygens (including phenoxy) is 2. The minimum absolute atomic E-state index is 0. The molecule has 0 heterocycles. The summed E-state index contributed by atoms with van der Waals surface area (Å²) in [6.45, 7) is 0.0561. The minimum atomic E-state index is -1.33. The molecule has 31 heavy (non-hydrogen) atoms. The maximum Gasteiger partial charge on any atom is 1.00 e. The first-order valence-electron chi connectivity index (χ1n) is 9.30. The summed E-state index contributed by atoms with van der Waals surface area (Å²) in [6, 6.07) is 20.9. The van der Waals surface area contributed by atoms with E-state index in [9.17, 15) is 19.8 Å². The predicted octanol–water partition coefficient (Wildman–Crippen LogP) is 0.516. The van der Waals surface area contributed by atoms with Crippen molar-refractivity contribution in [1.82, 2.24) is 0 Å². The van der Waals surface area contributed by atoms with Gasteiger partial charge in [-0.2, -0.15) is 0 Å². The van der Waals surface area contributed by atoms with Crippen molar-refractivity contribution in [2.24, 2.45) is 0 Å². The molecule has 0 spiro atoms. The van der Waals surface area contributed by atoms with Crippen LogP contribution in [-0.2, 0) is 0 Å². The second-order valence-electron chi connectivity index (χ2n) is 6.62. The van der Waals surface area contributed by atoms with Gasteiger partial charge in [0.1, 0.15) is 30.3 Å². The van der Waals surface area contributed by atoms with E-state index in [1.54, 1.807) is 36.4 Å². The molecule has 0 radical (unpaired) electrons. The topological polar surface area (TPSA) is 95.9 Å². The van der Waals surface area contributed by atoms with E-state index in [0.29, 0.717) is 10.8 Å². The normalized spacial score (nSPS) is 10.5. The summed E-state index contributed by atoms with van der Waals surface area (Å²) in [6.07, 6.45) is 0. The number of carbonyl (C=O) groups excluding carboxylic acids is 1. The molecule has 0 aliphatic carbocycles. The van der Waals surface area contributed by atoms with E-state index in [1.807, 2.05) is 24.3 Å². The summed E-state index contributed by atoms with van der Waals surface area (Å²) in [7, 11) is 0. The fourth-order valence-electron chi connectivity index (χ4n) is 3.41. The van der Waals surface area contributed by atoms with Crippen LogP contribution in [0.5, 0.6) is 11.5 Å². The number of hydrogen-bond acceptors (Lipinski definition) is 5. The Bertz CT molecular complexity index is 1170. The van der Waals surface area contributed by atoms with Gasteiger partial charge in [-0.3, -0.25) is 0 Å². The van der Waals surface area contributed by atoms with E-state index >= 15 is 0 Å². The van der Waals surface area contributed by atoms with E-state index in [4.69, 9.17) is 9.47 Å². The molecule has 0 aliphatic heterocycles. The van der Waals surface area contributed by atoms with Crippen LogP contribution in [0.3, 0.4) is 0 Å². The van der Waals surface area contributed by atoms with Gasteiger partial charge in [-0.1, -0.05) is 60.7 Å². The van der Waals surface area contributed by atoms with Gasteiger partial charge in [-0.25, -0.2) is 4.79 Å². The number of benzene rings is 4. The summed E-state index contributed by atoms with van der Waals surface area (Å²) < 4.78 is 11.5. The Kier molecular flexibility index (Phi) is 7.69. The molecule has 0 amide bonds. The monoisotopic (exact) mass is 440 g/mol. The molecule has 0 saturated carbocycles. The zero-order valence-electron chi connectivity index (χ0n) is 16.8. The van der Waals surface area contributed by atoms with Crippen molar-refractivity contribution in [3.63, 3.8) is 0 Å². The van der Waals surface area contributed by atoms with Gasteiger partial charge in [0.2, 0.25) is 0 Å². The molecule has 0 saturated heterocycles. The molecule has 0 atom stereocenters. The smallest absolute Gasteiger partial charge is 0.545 e. The van der Waals surface area contributed by atoms with Gasteiger partial charge >= 0.3 is 57.4 Å². The molecule has 0 unspecified atom stereocenters. The fraction of sp³-hybridized carbons (Fsp3) is 0.0833. The average molecular weight is 440 g/mol. The number of rotatable bonds is 7. The molecule has 6 nitrogen and oxygen atoms in total. The Morgan fingerprint density at radius 1 is 0.710 bits per heavy atom. The molecule has 4 rings (SSSR count). The standard InChI is InChI=1S/C24H18O6.K/c25-23(26)19-11-9-15-5-1-3-7-17(15)21(19)29-13-14-30-22-18-8-4-2-6-16(18)10-12-20(22)24(27)28;/h1-12H,13-14H2,(H,25,26)(H,27,28);/q;+1/p-1. The molecule has 0 aliphatic rings. The van der Waals surface area contributed by atoms with Crippen LogP contribution in [0.2, 0.25) is 0 Å². The van der Waals surface area contributed by atoms with Crippen molar-refractivity contribution in [3.8, 4) is 11.5 Å². The van der Waals surface area contributed by atoms with Crippen LogP contribution in [0, 0.1) is 0 Å². The van der Waals surface area contributed by atoms with E-state index in [1.165, 1.54) is 12.1 Å².